The Hall–Kier alpha value is -0.780. The number of rotatable bonds is 2. The van der Waals surface area contributed by atoms with E-state index < -0.39 is 6.10 Å². The lowest BCUT2D eigenvalue weighted by molar-refractivity contribution is 0.219. The lowest BCUT2D eigenvalue weighted by Crippen LogP contribution is -2.00. The molecular formula is C11H9BrFNOS. The number of aryl methyl sites for hydroxylation is 1. The fourth-order valence-electron chi connectivity index (χ4n) is 1.31. The summed E-state index contributed by atoms with van der Waals surface area (Å²) in [6.07, 6.45) is -0.869. The zero-order valence-corrected chi connectivity index (χ0v) is 10.8. The monoisotopic (exact) mass is 301 g/mol. The Kier molecular flexibility index (Phi) is 3.37. The molecule has 5 heteroatoms. The predicted octanol–water partition coefficient (Wildman–Crippen LogP) is 3.43. The Labute approximate surface area is 105 Å². The Morgan fingerprint density at radius 1 is 1.50 bits per heavy atom. The van der Waals surface area contributed by atoms with Crippen molar-refractivity contribution in [1.29, 1.82) is 0 Å². The van der Waals surface area contributed by atoms with Gasteiger partial charge in [0.1, 0.15) is 21.5 Å². The van der Waals surface area contributed by atoms with Gasteiger partial charge in [-0.3, -0.25) is 0 Å². The molecule has 2 nitrogen and oxygen atoms in total. The van der Waals surface area contributed by atoms with Crippen LogP contribution in [0.15, 0.2) is 28.2 Å². The first kappa shape index (κ1) is 11.7. The van der Waals surface area contributed by atoms with Gasteiger partial charge in [0.2, 0.25) is 0 Å². The van der Waals surface area contributed by atoms with Crippen LogP contribution >= 0.6 is 27.3 Å². The Morgan fingerprint density at radius 2 is 2.25 bits per heavy atom. The third-order valence-electron chi connectivity index (χ3n) is 2.24. The summed E-state index contributed by atoms with van der Waals surface area (Å²) < 4.78 is 14.0. The predicted molar refractivity (Wildman–Crippen MR) is 65.0 cm³/mol. The molecule has 0 radical (unpaired) electrons. The van der Waals surface area contributed by atoms with Crippen molar-refractivity contribution in [3.8, 4) is 0 Å². The van der Waals surface area contributed by atoms with Crippen LogP contribution in [0, 0.1) is 12.7 Å². The van der Waals surface area contributed by atoms with Crippen molar-refractivity contribution in [1.82, 2.24) is 4.98 Å². The lowest BCUT2D eigenvalue weighted by Gasteiger charge is -2.08. The zero-order chi connectivity index (χ0) is 11.7. The largest absolute Gasteiger partial charge is 0.381 e. The topological polar surface area (TPSA) is 33.1 Å². The van der Waals surface area contributed by atoms with Gasteiger partial charge in [0.25, 0.3) is 0 Å². The van der Waals surface area contributed by atoms with Gasteiger partial charge in [-0.15, -0.1) is 11.3 Å². The van der Waals surface area contributed by atoms with E-state index in [2.05, 4.69) is 20.9 Å². The van der Waals surface area contributed by atoms with E-state index in [4.69, 9.17) is 0 Å². The van der Waals surface area contributed by atoms with Crippen LogP contribution in [0.2, 0.25) is 0 Å². The van der Waals surface area contributed by atoms with Crippen LogP contribution in [0.4, 0.5) is 4.39 Å². The minimum atomic E-state index is -0.869. The van der Waals surface area contributed by atoms with Crippen LogP contribution < -0.4 is 0 Å². The van der Waals surface area contributed by atoms with Gasteiger partial charge in [-0.1, -0.05) is 12.1 Å². The molecule has 1 atom stereocenters. The summed E-state index contributed by atoms with van der Waals surface area (Å²) in [6, 6.07) is 4.70. The first-order valence-electron chi connectivity index (χ1n) is 4.63. The molecule has 1 heterocycles. The van der Waals surface area contributed by atoms with Gasteiger partial charge in [0.15, 0.2) is 0 Å². The molecule has 2 aromatic rings. The maximum Gasteiger partial charge on any atom is 0.131 e. The van der Waals surface area contributed by atoms with Crippen LogP contribution in [-0.4, -0.2) is 10.1 Å². The second kappa shape index (κ2) is 4.61. The summed E-state index contributed by atoms with van der Waals surface area (Å²) in [5, 5.41) is 12.3. The number of thiazole rings is 1. The van der Waals surface area contributed by atoms with Gasteiger partial charge < -0.3 is 5.11 Å². The molecule has 0 bridgehead atoms. The van der Waals surface area contributed by atoms with Gasteiger partial charge in [-0.05, 0) is 40.0 Å². The maximum absolute atomic E-state index is 13.3. The van der Waals surface area contributed by atoms with E-state index in [-0.39, 0.29) is 5.82 Å². The molecule has 0 saturated carbocycles. The molecule has 0 aliphatic heterocycles. The standard InChI is InChI=1S/C11H9BrFNOS/c1-6-2-3-7(4-8(6)13)10(15)11-14-9(12)5-16-11/h2-5,10,15H,1H3. The van der Waals surface area contributed by atoms with Crippen molar-refractivity contribution < 1.29 is 9.50 Å². The second-order valence-corrected chi connectivity index (χ2v) is 5.12. The highest BCUT2D eigenvalue weighted by atomic mass is 79.9. The zero-order valence-electron chi connectivity index (χ0n) is 8.45. The van der Waals surface area contributed by atoms with Crippen molar-refractivity contribution in [2.24, 2.45) is 0 Å². The smallest absolute Gasteiger partial charge is 0.131 e. The number of hydrogen-bond donors (Lipinski definition) is 1. The van der Waals surface area contributed by atoms with E-state index in [0.717, 1.165) is 0 Å². The highest BCUT2D eigenvalue weighted by Crippen LogP contribution is 2.27. The molecule has 0 aliphatic rings. The molecule has 0 aliphatic carbocycles. The quantitative estimate of drug-likeness (QED) is 0.922. The number of aliphatic hydroxyl groups excluding tert-OH is 1. The minimum absolute atomic E-state index is 0.313. The van der Waals surface area contributed by atoms with Crippen LogP contribution in [0.5, 0.6) is 0 Å². The van der Waals surface area contributed by atoms with E-state index in [1.165, 1.54) is 17.4 Å². The summed E-state index contributed by atoms with van der Waals surface area (Å²) >= 11 is 4.55. The molecule has 84 valence electrons. The summed E-state index contributed by atoms with van der Waals surface area (Å²) in [5.74, 6) is -0.313. The Morgan fingerprint density at radius 3 is 2.81 bits per heavy atom. The SMILES string of the molecule is Cc1ccc(C(O)c2nc(Br)cs2)cc1F. The molecule has 16 heavy (non-hydrogen) atoms. The van der Waals surface area contributed by atoms with Crippen LogP contribution in [0.25, 0.3) is 0 Å². The molecular weight excluding hydrogens is 293 g/mol. The number of benzene rings is 1. The van der Waals surface area contributed by atoms with Gasteiger partial charge in [-0.25, -0.2) is 9.37 Å². The van der Waals surface area contributed by atoms with Gasteiger partial charge in [0.05, 0.1) is 0 Å². The average Bonchev–Trinajstić information content (AvgIpc) is 2.68. The molecule has 1 unspecified atom stereocenters. The van der Waals surface area contributed by atoms with Crippen LogP contribution in [-0.2, 0) is 0 Å². The van der Waals surface area contributed by atoms with Crippen molar-refractivity contribution in [3.05, 3.63) is 50.1 Å². The third kappa shape index (κ3) is 2.31. The van der Waals surface area contributed by atoms with Crippen molar-refractivity contribution in [2.75, 3.05) is 0 Å². The van der Waals surface area contributed by atoms with E-state index in [9.17, 15) is 9.50 Å². The Balaban J connectivity index is 2.33. The van der Waals surface area contributed by atoms with Crippen LogP contribution in [0.1, 0.15) is 22.2 Å². The van der Waals surface area contributed by atoms with Gasteiger partial charge in [0, 0.05) is 5.38 Å². The molecule has 1 aromatic heterocycles. The number of aromatic nitrogens is 1. The van der Waals surface area contributed by atoms with Crippen molar-refractivity contribution >= 4 is 27.3 Å². The molecule has 0 amide bonds. The second-order valence-electron chi connectivity index (χ2n) is 3.42. The highest BCUT2D eigenvalue weighted by Gasteiger charge is 2.15. The van der Waals surface area contributed by atoms with Crippen molar-refractivity contribution in [3.63, 3.8) is 0 Å². The number of nitrogens with zero attached hydrogens (tertiary/aromatic N) is 1. The Bertz CT molecular complexity index is 514. The number of halogens is 2. The maximum atomic E-state index is 13.3. The first-order chi connectivity index (χ1) is 7.58. The van der Waals surface area contributed by atoms with Gasteiger partial charge >= 0.3 is 0 Å². The minimum Gasteiger partial charge on any atom is -0.381 e. The summed E-state index contributed by atoms with van der Waals surface area (Å²) in [5.41, 5.74) is 1.08. The van der Waals surface area contributed by atoms with E-state index in [1.54, 1.807) is 24.4 Å². The molecule has 0 saturated heterocycles. The lowest BCUT2D eigenvalue weighted by atomic mass is 10.1. The van der Waals surface area contributed by atoms with E-state index in [1.807, 2.05) is 0 Å². The fraction of sp³-hybridized carbons (Fsp3) is 0.182. The number of hydrogen-bond acceptors (Lipinski definition) is 3. The van der Waals surface area contributed by atoms with Gasteiger partial charge in [-0.2, -0.15) is 0 Å². The molecule has 1 N–H and O–H groups in total. The molecule has 0 spiro atoms. The van der Waals surface area contributed by atoms with E-state index in [0.29, 0.717) is 20.7 Å². The molecule has 1 aromatic carbocycles. The summed E-state index contributed by atoms with van der Waals surface area (Å²) in [6.45, 7) is 1.69. The molecule has 2 rings (SSSR count). The highest BCUT2D eigenvalue weighted by molar-refractivity contribution is 9.10. The first-order valence-corrected chi connectivity index (χ1v) is 6.30. The number of aliphatic hydroxyl groups is 1. The average molecular weight is 302 g/mol. The van der Waals surface area contributed by atoms with Crippen molar-refractivity contribution in [2.45, 2.75) is 13.0 Å². The van der Waals surface area contributed by atoms with E-state index >= 15 is 0 Å². The summed E-state index contributed by atoms with van der Waals surface area (Å²) in [7, 11) is 0. The molecule has 0 fully saturated rings. The summed E-state index contributed by atoms with van der Waals surface area (Å²) in [4.78, 5) is 4.10. The van der Waals surface area contributed by atoms with Crippen LogP contribution in [0.3, 0.4) is 0 Å². The fourth-order valence-corrected chi connectivity index (χ4v) is 2.59. The third-order valence-corrected chi connectivity index (χ3v) is 3.85. The normalized spacial score (nSPS) is 12.8.